The van der Waals surface area contributed by atoms with Crippen molar-refractivity contribution < 1.29 is 13.9 Å². The number of aromatic nitrogens is 2. The zero-order valence-electron chi connectivity index (χ0n) is 12.3. The minimum Gasteiger partial charge on any atom is -0.465 e. The molecule has 0 atom stereocenters. The van der Waals surface area contributed by atoms with Gasteiger partial charge in [-0.2, -0.15) is 9.37 Å². The van der Waals surface area contributed by atoms with Crippen molar-refractivity contribution in [2.75, 3.05) is 31.6 Å². The summed E-state index contributed by atoms with van der Waals surface area (Å²) < 4.78 is 19.0. The van der Waals surface area contributed by atoms with Gasteiger partial charge in [0, 0.05) is 12.6 Å². The average Bonchev–Trinajstić information content (AvgIpc) is 2.54. The largest absolute Gasteiger partial charge is 0.465 e. The highest BCUT2D eigenvalue weighted by Crippen LogP contribution is 2.24. The summed E-state index contributed by atoms with van der Waals surface area (Å²) in [6, 6.07) is 0.325. The molecule has 1 fully saturated rings. The van der Waals surface area contributed by atoms with Crippen LogP contribution in [0.1, 0.15) is 18.5 Å². The molecule has 0 spiro atoms. The molecule has 1 aromatic rings. The number of amides is 1. The van der Waals surface area contributed by atoms with Crippen molar-refractivity contribution in [1.29, 1.82) is 0 Å². The number of ether oxygens (including phenoxy) is 1. The van der Waals surface area contributed by atoms with Crippen LogP contribution in [0.15, 0.2) is 0 Å². The van der Waals surface area contributed by atoms with E-state index in [1.54, 1.807) is 0 Å². The second-order valence-corrected chi connectivity index (χ2v) is 5.45. The van der Waals surface area contributed by atoms with Crippen LogP contribution in [0.25, 0.3) is 0 Å². The van der Waals surface area contributed by atoms with Crippen LogP contribution in [-0.2, 0) is 11.3 Å². The van der Waals surface area contributed by atoms with Gasteiger partial charge in [0.25, 0.3) is 11.8 Å². The fourth-order valence-corrected chi connectivity index (χ4v) is 2.63. The Bertz CT molecular complexity index is 560. The number of halogens is 1. The van der Waals surface area contributed by atoms with E-state index in [1.807, 2.05) is 0 Å². The molecule has 3 heterocycles. The Morgan fingerprint density at radius 1 is 1.41 bits per heavy atom. The zero-order valence-corrected chi connectivity index (χ0v) is 12.3. The van der Waals surface area contributed by atoms with Crippen LogP contribution in [0.4, 0.5) is 10.2 Å². The van der Waals surface area contributed by atoms with Gasteiger partial charge < -0.3 is 20.3 Å². The lowest BCUT2D eigenvalue weighted by Gasteiger charge is -2.31. The molecule has 2 aliphatic heterocycles. The number of nitrogens with zero attached hydrogens (tertiary/aromatic N) is 3. The Balaban J connectivity index is 1.61. The molecule has 0 bridgehead atoms. The third-order valence-electron chi connectivity index (χ3n) is 3.95. The molecule has 2 aliphatic rings. The fraction of sp³-hybridized carbons (Fsp3) is 0.571. The summed E-state index contributed by atoms with van der Waals surface area (Å²) in [6.45, 7) is 6.79. The van der Waals surface area contributed by atoms with Gasteiger partial charge in [0.2, 0.25) is 5.95 Å². The Morgan fingerprint density at radius 2 is 2.18 bits per heavy atom. The van der Waals surface area contributed by atoms with Gasteiger partial charge in [-0.3, -0.25) is 4.79 Å². The molecule has 1 saturated heterocycles. The molecule has 1 radical (unpaired) electrons. The SMILES string of the molecule is [CH2]CN1CCC(NCc2nc3c(nc2F)OCC(=O)N3)CC1. The maximum absolute atomic E-state index is 13.9. The maximum Gasteiger partial charge on any atom is 0.263 e. The topological polar surface area (TPSA) is 79.4 Å². The summed E-state index contributed by atoms with van der Waals surface area (Å²) in [5.74, 6) is -0.767. The lowest BCUT2D eigenvalue weighted by Crippen LogP contribution is -2.42. The second-order valence-electron chi connectivity index (χ2n) is 5.45. The zero-order chi connectivity index (χ0) is 15.5. The molecule has 0 aromatic carbocycles. The smallest absolute Gasteiger partial charge is 0.263 e. The molecule has 0 saturated carbocycles. The lowest BCUT2D eigenvalue weighted by atomic mass is 10.1. The quantitative estimate of drug-likeness (QED) is 0.835. The highest BCUT2D eigenvalue weighted by molar-refractivity contribution is 5.93. The standard InChI is InChI=1S/C14H19FN5O2/c1-2-20-5-3-9(4-6-20)16-7-10-12(15)19-14-13(17-10)18-11(21)8-22-14/h9,16H,1-8H2,(H,17,18,21). The van der Waals surface area contributed by atoms with E-state index in [9.17, 15) is 9.18 Å². The molecule has 0 aliphatic carbocycles. The van der Waals surface area contributed by atoms with Crippen molar-refractivity contribution >= 4 is 11.7 Å². The predicted octanol–water partition coefficient (Wildman–Crippen LogP) is 0.335. The molecular formula is C14H19FN5O2. The predicted molar refractivity (Wildman–Crippen MR) is 77.8 cm³/mol. The number of hydrogen-bond donors (Lipinski definition) is 2. The highest BCUT2D eigenvalue weighted by Gasteiger charge is 2.23. The number of anilines is 1. The summed E-state index contributed by atoms with van der Waals surface area (Å²) in [5, 5.41) is 5.83. The molecule has 1 amide bonds. The monoisotopic (exact) mass is 308 g/mol. The first-order valence-electron chi connectivity index (χ1n) is 7.39. The normalized spacial score (nSPS) is 19.5. The van der Waals surface area contributed by atoms with Crippen LogP contribution in [0, 0.1) is 12.9 Å². The Morgan fingerprint density at radius 3 is 2.91 bits per heavy atom. The molecule has 119 valence electrons. The van der Waals surface area contributed by atoms with Gasteiger partial charge in [-0.05, 0) is 39.4 Å². The van der Waals surface area contributed by atoms with E-state index >= 15 is 0 Å². The van der Waals surface area contributed by atoms with Crippen molar-refractivity contribution in [1.82, 2.24) is 20.2 Å². The summed E-state index contributed by atoms with van der Waals surface area (Å²) >= 11 is 0. The van der Waals surface area contributed by atoms with E-state index < -0.39 is 5.95 Å². The van der Waals surface area contributed by atoms with Crippen LogP contribution >= 0.6 is 0 Å². The summed E-state index contributed by atoms with van der Waals surface area (Å²) in [6.07, 6.45) is 1.99. The number of rotatable bonds is 4. The number of likely N-dealkylation sites (tertiary alicyclic amines) is 1. The van der Waals surface area contributed by atoms with Gasteiger partial charge in [0.1, 0.15) is 5.69 Å². The van der Waals surface area contributed by atoms with Gasteiger partial charge in [-0.1, -0.05) is 0 Å². The van der Waals surface area contributed by atoms with Crippen LogP contribution in [0.3, 0.4) is 0 Å². The molecule has 2 N–H and O–H groups in total. The van der Waals surface area contributed by atoms with Gasteiger partial charge in [0.15, 0.2) is 12.4 Å². The fourth-order valence-electron chi connectivity index (χ4n) is 2.63. The lowest BCUT2D eigenvalue weighted by molar-refractivity contribution is -0.118. The van der Waals surface area contributed by atoms with Crippen molar-refractivity contribution in [2.24, 2.45) is 0 Å². The average molecular weight is 308 g/mol. The van der Waals surface area contributed by atoms with Crippen LogP contribution < -0.4 is 15.4 Å². The van der Waals surface area contributed by atoms with Gasteiger partial charge >= 0.3 is 0 Å². The minimum absolute atomic E-state index is 0.0320. The van der Waals surface area contributed by atoms with E-state index in [2.05, 4.69) is 32.4 Å². The first-order valence-corrected chi connectivity index (χ1v) is 7.39. The van der Waals surface area contributed by atoms with E-state index in [-0.39, 0.29) is 36.5 Å². The summed E-state index contributed by atoms with van der Waals surface area (Å²) in [5.41, 5.74) is 0.184. The van der Waals surface area contributed by atoms with Gasteiger partial charge in [-0.15, -0.1) is 0 Å². The van der Waals surface area contributed by atoms with Crippen LogP contribution in [-0.4, -0.2) is 53.1 Å². The number of hydrogen-bond acceptors (Lipinski definition) is 6. The van der Waals surface area contributed by atoms with Crippen molar-refractivity contribution in [3.8, 4) is 5.88 Å². The number of nitrogens with one attached hydrogen (secondary N) is 2. The van der Waals surface area contributed by atoms with E-state index in [4.69, 9.17) is 4.74 Å². The Kier molecular flexibility index (Phi) is 4.49. The van der Waals surface area contributed by atoms with Crippen LogP contribution in [0.5, 0.6) is 5.88 Å². The van der Waals surface area contributed by atoms with Crippen LogP contribution in [0.2, 0.25) is 0 Å². The first kappa shape index (κ1) is 15.1. The maximum atomic E-state index is 13.9. The summed E-state index contributed by atoms with van der Waals surface area (Å²) in [7, 11) is 0. The second kappa shape index (κ2) is 6.53. The molecule has 3 rings (SSSR count). The molecular weight excluding hydrogens is 289 g/mol. The summed E-state index contributed by atoms with van der Waals surface area (Å²) in [4.78, 5) is 21.4. The van der Waals surface area contributed by atoms with Gasteiger partial charge in [0.05, 0.1) is 0 Å². The third-order valence-corrected chi connectivity index (χ3v) is 3.95. The highest BCUT2D eigenvalue weighted by atomic mass is 19.1. The molecule has 0 unspecified atom stereocenters. The van der Waals surface area contributed by atoms with Crippen molar-refractivity contribution in [3.05, 3.63) is 18.6 Å². The van der Waals surface area contributed by atoms with E-state index in [1.165, 1.54) is 0 Å². The number of fused-ring (bicyclic) bond motifs is 1. The Labute approximate surface area is 128 Å². The van der Waals surface area contributed by atoms with Crippen molar-refractivity contribution in [2.45, 2.75) is 25.4 Å². The number of carbonyl (C=O) groups is 1. The Hall–Kier alpha value is -1.80. The molecule has 1 aromatic heterocycles. The molecule has 7 nitrogen and oxygen atoms in total. The first-order chi connectivity index (χ1) is 10.7. The minimum atomic E-state index is -0.669. The van der Waals surface area contributed by atoms with Crippen molar-refractivity contribution in [3.63, 3.8) is 0 Å². The number of carbonyl (C=O) groups excluding carboxylic acids is 1. The van der Waals surface area contributed by atoms with E-state index in [0.717, 1.165) is 32.5 Å². The van der Waals surface area contributed by atoms with E-state index in [0.29, 0.717) is 6.04 Å². The van der Waals surface area contributed by atoms with Gasteiger partial charge in [-0.25, -0.2) is 4.98 Å². The number of piperidine rings is 1. The molecule has 22 heavy (non-hydrogen) atoms. The third kappa shape index (κ3) is 3.33. The molecule has 8 heteroatoms.